The summed E-state index contributed by atoms with van der Waals surface area (Å²) in [5.74, 6) is -0.0882. The number of carbonyl (C=O) groups excluding carboxylic acids is 1. The summed E-state index contributed by atoms with van der Waals surface area (Å²) in [6, 6.07) is 9.07. The quantitative estimate of drug-likeness (QED) is 0.273. The molecule has 6 atom stereocenters. The van der Waals surface area contributed by atoms with E-state index in [4.69, 9.17) is 24.3 Å². The molecular weight excluding hydrogens is 516 g/mol. The van der Waals surface area contributed by atoms with Crippen molar-refractivity contribution in [1.29, 1.82) is 0 Å². The van der Waals surface area contributed by atoms with E-state index < -0.39 is 43.9 Å². The highest BCUT2D eigenvalue weighted by molar-refractivity contribution is 7.52. The summed E-state index contributed by atoms with van der Waals surface area (Å²) in [4.78, 5) is 20.6. The maximum atomic E-state index is 15.8. The molecule has 0 amide bonds. The molecule has 13 heteroatoms. The second-order valence-corrected chi connectivity index (χ2v) is 11.4. The van der Waals surface area contributed by atoms with E-state index in [1.165, 1.54) is 20.2 Å². The Labute approximate surface area is 220 Å². The summed E-state index contributed by atoms with van der Waals surface area (Å²) in [5.41, 5.74) is 4.54. The van der Waals surface area contributed by atoms with Gasteiger partial charge in [0.2, 0.25) is 0 Å². The fourth-order valence-electron chi connectivity index (χ4n) is 4.27. The number of ether oxygens (including phenoxy) is 2. The van der Waals surface area contributed by atoms with Gasteiger partial charge in [-0.1, -0.05) is 18.2 Å². The lowest BCUT2D eigenvalue weighted by Gasteiger charge is -2.28. The number of aromatic nitrogens is 3. The summed E-state index contributed by atoms with van der Waals surface area (Å²) in [7, 11) is -4.17. The lowest BCUT2D eigenvalue weighted by molar-refractivity contribution is -0.149. The van der Waals surface area contributed by atoms with Gasteiger partial charge in [-0.3, -0.25) is 9.32 Å². The second kappa shape index (κ2) is 11.0. The number of nitrogen functional groups attached to an aromatic ring is 1. The minimum absolute atomic E-state index is 0.0602. The predicted octanol–water partition coefficient (Wildman–Crippen LogP) is 4.55. The van der Waals surface area contributed by atoms with Gasteiger partial charge in [0.1, 0.15) is 29.6 Å². The van der Waals surface area contributed by atoms with Crippen LogP contribution in [-0.4, -0.2) is 50.5 Å². The first kappa shape index (κ1) is 28.0. The highest BCUT2D eigenvalue weighted by Crippen LogP contribution is 2.50. The fourth-order valence-corrected chi connectivity index (χ4v) is 5.98. The van der Waals surface area contributed by atoms with Crippen LogP contribution in [0.15, 0.2) is 48.9 Å². The average molecular weight is 550 g/mol. The molecule has 1 fully saturated rings. The second-order valence-electron chi connectivity index (χ2n) is 9.78. The molecule has 1 aliphatic heterocycles. The Hall–Kier alpha value is -3.05. The van der Waals surface area contributed by atoms with E-state index in [1.807, 2.05) is 0 Å². The monoisotopic (exact) mass is 549 g/mol. The minimum Gasteiger partial charge on any atom is -0.462 e. The van der Waals surface area contributed by atoms with Gasteiger partial charge in [0, 0.05) is 12.6 Å². The number of carbonyl (C=O) groups is 1. The number of esters is 1. The molecule has 0 spiro atoms. The maximum Gasteiger partial charge on any atom is 0.459 e. The number of para-hydroxylation sites is 1. The molecule has 11 nitrogen and oxygen atoms in total. The Morgan fingerprint density at radius 1 is 1.24 bits per heavy atom. The van der Waals surface area contributed by atoms with Crippen molar-refractivity contribution in [3.8, 4) is 5.75 Å². The summed E-state index contributed by atoms with van der Waals surface area (Å²) >= 11 is 0. The SMILES string of the molecule is CC(C)OC(=O)[C@H](C)NP(=O)(Oc1ccccc1)OC(C)[C@@H]1C[C@@](C)(F)[C@H](n2ccc3c(N)ncnc32)O1. The van der Waals surface area contributed by atoms with Crippen LogP contribution < -0.4 is 15.3 Å². The minimum atomic E-state index is -4.17. The van der Waals surface area contributed by atoms with Gasteiger partial charge in [0.15, 0.2) is 11.9 Å². The van der Waals surface area contributed by atoms with Gasteiger partial charge in [0.25, 0.3) is 0 Å². The van der Waals surface area contributed by atoms with Crippen LogP contribution >= 0.6 is 7.75 Å². The lowest BCUT2D eigenvalue weighted by atomic mass is 10.00. The number of hydrogen-bond acceptors (Lipinski definition) is 9. The molecule has 0 radical (unpaired) electrons. The summed E-state index contributed by atoms with van der Waals surface area (Å²) in [6.45, 7) is 7.93. The van der Waals surface area contributed by atoms with E-state index in [-0.39, 0.29) is 24.1 Å². The van der Waals surface area contributed by atoms with E-state index in [0.717, 1.165) is 0 Å². The molecule has 0 aliphatic carbocycles. The van der Waals surface area contributed by atoms with E-state index in [0.29, 0.717) is 11.0 Å². The van der Waals surface area contributed by atoms with Crippen LogP contribution in [0.5, 0.6) is 5.75 Å². The summed E-state index contributed by atoms with van der Waals surface area (Å²) in [6.07, 6.45) is -0.235. The number of halogens is 1. The number of fused-ring (bicyclic) bond motifs is 1. The first-order chi connectivity index (χ1) is 17.9. The van der Waals surface area contributed by atoms with Gasteiger partial charge in [-0.05, 0) is 52.8 Å². The molecule has 3 aromatic rings. The van der Waals surface area contributed by atoms with E-state index in [9.17, 15) is 9.36 Å². The third kappa shape index (κ3) is 6.15. The number of nitrogens with two attached hydrogens (primary N) is 1. The van der Waals surface area contributed by atoms with Crippen LogP contribution in [0.1, 0.15) is 47.3 Å². The van der Waals surface area contributed by atoms with Gasteiger partial charge in [-0.2, -0.15) is 5.09 Å². The number of rotatable bonds is 10. The third-order valence-corrected chi connectivity index (χ3v) is 7.83. The molecule has 0 saturated carbocycles. The van der Waals surface area contributed by atoms with Gasteiger partial charge in [-0.25, -0.2) is 18.9 Å². The number of nitrogens with one attached hydrogen (secondary N) is 1. The van der Waals surface area contributed by atoms with E-state index in [1.54, 1.807) is 67.9 Å². The number of anilines is 1. The molecule has 38 heavy (non-hydrogen) atoms. The topological polar surface area (TPSA) is 140 Å². The highest BCUT2D eigenvalue weighted by Gasteiger charge is 2.50. The van der Waals surface area contributed by atoms with Crippen LogP contribution in [0.2, 0.25) is 0 Å². The van der Waals surface area contributed by atoms with Crippen molar-refractivity contribution in [2.45, 2.75) is 77.3 Å². The lowest BCUT2D eigenvalue weighted by Crippen LogP contribution is -2.38. The van der Waals surface area contributed by atoms with Gasteiger partial charge >= 0.3 is 13.7 Å². The standard InChI is InChI=1S/C25H33FN5O6P/c1-15(2)34-23(32)16(3)30-38(33,37-18-9-7-6-8-10-18)36-17(4)20-13-25(5,26)24(35-20)31-12-11-19-21(27)28-14-29-22(19)31/h6-12,14-17,20,24H,13H2,1-5H3,(H,30,33)(H2,27,28,29)/t16-,17?,20-,24+,25+,38?/m0/s1. The first-order valence-electron chi connectivity index (χ1n) is 12.3. The Kier molecular flexibility index (Phi) is 8.08. The predicted molar refractivity (Wildman–Crippen MR) is 139 cm³/mol. The van der Waals surface area contributed by atoms with Crippen molar-refractivity contribution in [3.05, 3.63) is 48.9 Å². The van der Waals surface area contributed by atoms with E-state index in [2.05, 4.69) is 15.1 Å². The molecule has 4 rings (SSSR count). The van der Waals surface area contributed by atoms with Gasteiger partial charge in [0.05, 0.1) is 23.7 Å². The normalized spacial score (nSPS) is 24.7. The smallest absolute Gasteiger partial charge is 0.459 e. The molecule has 1 aliphatic rings. The highest BCUT2D eigenvalue weighted by atomic mass is 31.2. The van der Waals surface area contributed by atoms with Crippen molar-refractivity contribution in [2.24, 2.45) is 0 Å². The number of benzene rings is 1. The number of hydrogen-bond donors (Lipinski definition) is 2. The molecule has 2 unspecified atom stereocenters. The number of nitrogens with zero attached hydrogens (tertiary/aromatic N) is 3. The van der Waals surface area contributed by atoms with Crippen molar-refractivity contribution in [1.82, 2.24) is 19.6 Å². The Balaban J connectivity index is 1.54. The Bertz CT molecular complexity index is 1320. The number of alkyl halides is 1. The maximum absolute atomic E-state index is 15.8. The van der Waals surface area contributed by atoms with Crippen LogP contribution in [0.4, 0.5) is 10.2 Å². The molecule has 3 heterocycles. The van der Waals surface area contributed by atoms with E-state index >= 15 is 4.39 Å². The molecule has 1 aromatic carbocycles. The third-order valence-electron chi connectivity index (χ3n) is 6.07. The molecule has 3 N–H and O–H groups in total. The first-order valence-corrected chi connectivity index (χ1v) is 13.9. The zero-order valence-corrected chi connectivity index (χ0v) is 22.8. The van der Waals surface area contributed by atoms with Crippen LogP contribution in [0.3, 0.4) is 0 Å². The van der Waals surface area contributed by atoms with Crippen molar-refractivity contribution in [2.75, 3.05) is 5.73 Å². The fraction of sp³-hybridized carbons (Fsp3) is 0.480. The molecule has 2 aromatic heterocycles. The molecule has 0 bridgehead atoms. The summed E-state index contributed by atoms with van der Waals surface area (Å²) < 4.78 is 54.2. The van der Waals surface area contributed by atoms with Crippen molar-refractivity contribution < 1.29 is 32.3 Å². The zero-order chi connectivity index (χ0) is 27.7. The Morgan fingerprint density at radius 2 is 1.95 bits per heavy atom. The van der Waals surface area contributed by atoms with Crippen molar-refractivity contribution >= 4 is 30.6 Å². The van der Waals surface area contributed by atoms with Crippen molar-refractivity contribution in [3.63, 3.8) is 0 Å². The zero-order valence-electron chi connectivity index (χ0n) is 21.9. The van der Waals surface area contributed by atoms with Crippen LogP contribution in [0.25, 0.3) is 11.0 Å². The largest absolute Gasteiger partial charge is 0.462 e. The van der Waals surface area contributed by atoms with Gasteiger partial charge in [-0.15, -0.1) is 0 Å². The molecular formula is C25H33FN5O6P. The summed E-state index contributed by atoms with van der Waals surface area (Å²) in [5, 5.41) is 3.22. The molecule has 206 valence electrons. The molecule has 1 saturated heterocycles. The van der Waals surface area contributed by atoms with Gasteiger partial charge < -0.3 is 24.3 Å². The van der Waals surface area contributed by atoms with Crippen LogP contribution in [0, 0.1) is 0 Å². The average Bonchev–Trinajstić information content (AvgIpc) is 3.39. The Morgan fingerprint density at radius 3 is 2.63 bits per heavy atom. The van der Waals surface area contributed by atoms with Crippen LogP contribution in [-0.2, 0) is 23.4 Å².